The minimum atomic E-state index is -0.420. The number of methoxy groups -OCH3 is 1. The smallest absolute Gasteiger partial charge is 0.407 e. The molecule has 2 saturated heterocycles. The number of para-hydroxylation sites is 2. The van der Waals surface area contributed by atoms with Crippen LogP contribution >= 0.6 is 24.8 Å². The van der Waals surface area contributed by atoms with E-state index in [0.29, 0.717) is 26.1 Å². The molecule has 2 heterocycles. The molecule has 0 saturated carbocycles. The van der Waals surface area contributed by atoms with Gasteiger partial charge in [0, 0.05) is 52.2 Å². The molecule has 31 heavy (non-hydrogen) atoms. The fourth-order valence-corrected chi connectivity index (χ4v) is 3.96. The SMILES string of the molecule is CCNC(=O)OC(CN1CCN(c2ccccc2OC)CC1)CN1CCCC1=O.Cl.Cl. The van der Waals surface area contributed by atoms with Crippen LogP contribution in [0.25, 0.3) is 0 Å². The van der Waals surface area contributed by atoms with Crippen LogP contribution in [0.15, 0.2) is 24.3 Å². The second kappa shape index (κ2) is 13.5. The van der Waals surface area contributed by atoms with Crippen molar-refractivity contribution in [3.8, 4) is 5.75 Å². The molecule has 0 aromatic heterocycles. The van der Waals surface area contributed by atoms with E-state index < -0.39 is 6.09 Å². The van der Waals surface area contributed by atoms with Crippen LogP contribution in [0.1, 0.15) is 19.8 Å². The number of benzene rings is 1. The summed E-state index contributed by atoms with van der Waals surface area (Å²) in [5, 5.41) is 2.69. The van der Waals surface area contributed by atoms with Crippen LogP contribution in [0, 0.1) is 0 Å². The Morgan fingerprint density at radius 2 is 1.81 bits per heavy atom. The largest absolute Gasteiger partial charge is 0.495 e. The average Bonchev–Trinajstić information content (AvgIpc) is 3.13. The zero-order chi connectivity index (χ0) is 20.6. The van der Waals surface area contributed by atoms with E-state index in [1.807, 2.05) is 30.0 Å². The predicted molar refractivity (Wildman–Crippen MR) is 126 cm³/mol. The van der Waals surface area contributed by atoms with E-state index in [1.165, 1.54) is 0 Å². The normalized spacial score (nSPS) is 17.4. The molecule has 8 nitrogen and oxygen atoms in total. The summed E-state index contributed by atoms with van der Waals surface area (Å²) in [6.07, 6.45) is 0.716. The summed E-state index contributed by atoms with van der Waals surface area (Å²) in [4.78, 5) is 30.4. The van der Waals surface area contributed by atoms with Gasteiger partial charge < -0.3 is 24.6 Å². The molecule has 0 spiro atoms. The maximum atomic E-state index is 12.0. The number of alkyl carbamates (subject to hydrolysis) is 1. The van der Waals surface area contributed by atoms with Gasteiger partial charge >= 0.3 is 6.09 Å². The number of carbonyl (C=O) groups excluding carboxylic acids is 2. The number of nitrogens with zero attached hydrogens (tertiary/aromatic N) is 3. The standard InChI is InChI=1S/C21H32N4O4.2ClH/c1-3-22-21(27)29-17(16-25-10-6-9-20(25)26)15-23-11-13-24(14-12-23)18-7-4-5-8-19(18)28-2;;/h4-5,7-8,17H,3,6,9-16H2,1-2H3,(H,22,27);2*1H. The molecule has 1 aromatic carbocycles. The fraction of sp³-hybridized carbons (Fsp3) is 0.619. The van der Waals surface area contributed by atoms with E-state index in [0.717, 1.165) is 50.6 Å². The molecule has 0 aliphatic carbocycles. The lowest BCUT2D eigenvalue weighted by Gasteiger charge is -2.38. The molecule has 2 aliphatic rings. The molecule has 1 aromatic rings. The number of nitrogens with one attached hydrogen (secondary N) is 1. The number of likely N-dealkylation sites (tertiary alicyclic amines) is 1. The highest BCUT2D eigenvalue weighted by atomic mass is 35.5. The van der Waals surface area contributed by atoms with Gasteiger partial charge in [-0.25, -0.2) is 4.79 Å². The Morgan fingerprint density at radius 3 is 2.42 bits per heavy atom. The lowest BCUT2D eigenvalue weighted by molar-refractivity contribution is -0.129. The summed E-state index contributed by atoms with van der Waals surface area (Å²) in [6, 6.07) is 8.05. The Hall–Kier alpha value is -1.90. The number of hydrogen-bond acceptors (Lipinski definition) is 6. The van der Waals surface area contributed by atoms with Crippen molar-refractivity contribution in [1.82, 2.24) is 15.1 Å². The van der Waals surface area contributed by atoms with Crippen molar-refractivity contribution in [1.29, 1.82) is 0 Å². The van der Waals surface area contributed by atoms with Crippen LogP contribution in [0.4, 0.5) is 10.5 Å². The van der Waals surface area contributed by atoms with Gasteiger partial charge in [-0.1, -0.05) is 12.1 Å². The number of hydrogen-bond donors (Lipinski definition) is 1. The Balaban J connectivity index is 0.00000240. The van der Waals surface area contributed by atoms with Gasteiger partial charge in [0.25, 0.3) is 0 Å². The van der Waals surface area contributed by atoms with E-state index in [1.54, 1.807) is 7.11 Å². The molecule has 2 aliphatic heterocycles. The lowest BCUT2D eigenvalue weighted by Crippen LogP contribution is -2.51. The summed E-state index contributed by atoms with van der Waals surface area (Å²) >= 11 is 0. The number of amides is 2. The highest BCUT2D eigenvalue weighted by Gasteiger charge is 2.28. The Kier molecular flexibility index (Phi) is 11.8. The molecule has 1 atom stereocenters. The summed E-state index contributed by atoms with van der Waals surface area (Å²) in [5.74, 6) is 1.03. The third-order valence-corrected chi connectivity index (χ3v) is 5.45. The fourth-order valence-electron chi connectivity index (χ4n) is 3.96. The monoisotopic (exact) mass is 476 g/mol. The highest BCUT2D eigenvalue weighted by molar-refractivity contribution is 5.85. The van der Waals surface area contributed by atoms with Gasteiger partial charge in [-0.15, -0.1) is 24.8 Å². The highest BCUT2D eigenvalue weighted by Crippen LogP contribution is 2.28. The third kappa shape index (κ3) is 7.63. The third-order valence-electron chi connectivity index (χ3n) is 5.45. The van der Waals surface area contributed by atoms with Crippen LogP contribution in [-0.4, -0.2) is 87.4 Å². The van der Waals surface area contributed by atoms with Crippen molar-refractivity contribution < 1.29 is 19.1 Å². The van der Waals surface area contributed by atoms with Gasteiger partial charge in [0.1, 0.15) is 11.9 Å². The maximum absolute atomic E-state index is 12.0. The van der Waals surface area contributed by atoms with Crippen molar-refractivity contribution >= 4 is 42.5 Å². The first-order valence-corrected chi connectivity index (χ1v) is 10.4. The number of ether oxygens (including phenoxy) is 2. The van der Waals surface area contributed by atoms with Crippen LogP contribution in [0.3, 0.4) is 0 Å². The van der Waals surface area contributed by atoms with Crippen molar-refractivity contribution in [2.24, 2.45) is 0 Å². The molecule has 0 bridgehead atoms. The molecular weight excluding hydrogens is 443 g/mol. The topological polar surface area (TPSA) is 74.4 Å². The number of rotatable bonds is 8. The lowest BCUT2D eigenvalue weighted by atomic mass is 10.2. The van der Waals surface area contributed by atoms with Crippen LogP contribution in [0.2, 0.25) is 0 Å². The molecule has 176 valence electrons. The molecule has 1 unspecified atom stereocenters. The average molecular weight is 477 g/mol. The minimum Gasteiger partial charge on any atom is -0.495 e. The number of carbonyl (C=O) groups is 2. The van der Waals surface area contributed by atoms with Gasteiger partial charge in [0.05, 0.1) is 19.3 Å². The minimum absolute atomic E-state index is 0. The molecule has 3 rings (SSSR count). The zero-order valence-corrected chi connectivity index (χ0v) is 19.9. The van der Waals surface area contributed by atoms with Crippen LogP contribution in [0.5, 0.6) is 5.75 Å². The number of piperazine rings is 1. The zero-order valence-electron chi connectivity index (χ0n) is 18.2. The summed E-state index contributed by atoms with van der Waals surface area (Å²) in [5.41, 5.74) is 1.10. The molecule has 2 fully saturated rings. The Labute approximate surface area is 197 Å². The number of halogens is 2. The second-order valence-corrected chi connectivity index (χ2v) is 7.46. The first-order chi connectivity index (χ1) is 14.1. The summed E-state index contributed by atoms with van der Waals surface area (Å²) < 4.78 is 11.1. The molecule has 2 amide bonds. The van der Waals surface area contributed by atoms with Crippen molar-refractivity contribution in [3.63, 3.8) is 0 Å². The predicted octanol–water partition coefficient (Wildman–Crippen LogP) is 2.40. The van der Waals surface area contributed by atoms with Gasteiger partial charge in [-0.3, -0.25) is 9.69 Å². The first kappa shape index (κ1) is 27.1. The van der Waals surface area contributed by atoms with Gasteiger partial charge in [-0.2, -0.15) is 0 Å². The summed E-state index contributed by atoms with van der Waals surface area (Å²) in [7, 11) is 1.69. The van der Waals surface area contributed by atoms with Crippen LogP contribution < -0.4 is 15.0 Å². The second-order valence-electron chi connectivity index (χ2n) is 7.46. The van der Waals surface area contributed by atoms with Crippen molar-refractivity contribution in [2.45, 2.75) is 25.9 Å². The van der Waals surface area contributed by atoms with E-state index in [2.05, 4.69) is 21.2 Å². The van der Waals surface area contributed by atoms with Crippen molar-refractivity contribution in [3.05, 3.63) is 24.3 Å². The van der Waals surface area contributed by atoms with Gasteiger partial charge in [0.2, 0.25) is 5.91 Å². The number of anilines is 1. The summed E-state index contributed by atoms with van der Waals surface area (Å²) in [6.45, 7) is 7.68. The van der Waals surface area contributed by atoms with E-state index in [-0.39, 0.29) is 36.8 Å². The molecular formula is C21H34Cl2N4O4. The quantitative estimate of drug-likeness (QED) is 0.620. The molecule has 0 radical (unpaired) electrons. The first-order valence-electron chi connectivity index (χ1n) is 10.4. The van der Waals surface area contributed by atoms with Crippen LogP contribution in [-0.2, 0) is 9.53 Å². The van der Waals surface area contributed by atoms with E-state index in [9.17, 15) is 9.59 Å². The van der Waals surface area contributed by atoms with E-state index >= 15 is 0 Å². The molecule has 10 heteroatoms. The van der Waals surface area contributed by atoms with Gasteiger partial charge in [0.15, 0.2) is 0 Å². The maximum Gasteiger partial charge on any atom is 0.407 e. The Morgan fingerprint density at radius 1 is 1.10 bits per heavy atom. The van der Waals surface area contributed by atoms with E-state index in [4.69, 9.17) is 9.47 Å². The van der Waals surface area contributed by atoms with Gasteiger partial charge in [-0.05, 0) is 25.5 Å². The van der Waals surface area contributed by atoms with Crippen molar-refractivity contribution in [2.75, 3.05) is 64.4 Å². The Bertz CT molecular complexity index is 702. The molecule has 1 N–H and O–H groups in total.